The second kappa shape index (κ2) is 5.69. The van der Waals surface area contributed by atoms with Gasteiger partial charge in [0, 0.05) is 18.2 Å². The molecule has 0 bridgehead atoms. The van der Waals surface area contributed by atoms with Crippen LogP contribution in [-0.2, 0) is 0 Å². The van der Waals surface area contributed by atoms with Gasteiger partial charge in [-0.25, -0.2) is 0 Å². The summed E-state index contributed by atoms with van der Waals surface area (Å²) in [5.74, 6) is -0.629. The molecular formula is C13H15FN2O3. The third-order valence-electron chi connectivity index (χ3n) is 3.08. The fourth-order valence-corrected chi connectivity index (χ4v) is 2.13. The summed E-state index contributed by atoms with van der Waals surface area (Å²) < 4.78 is 18.7. The molecule has 102 valence electrons. The number of anilines is 1. The quantitative estimate of drug-likeness (QED) is 0.516. The number of nitro benzene ring substituents is 1. The molecule has 1 atom stereocenters. The summed E-state index contributed by atoms with van der Waals surface area (Å²) in [4.78, 5) is 10.2. The Balaban J connectivity index is 2.32. The van der Waals surface area contributed by atoms with Crippen molar-refractivity contribution in [1.29, 1.82) is 0 Å². The second-order valence-electron chi connectivity index (χ2n) is 4.39. The van der Waals surface area contributed by atoms with E-state index in [9.17, 15) is 14.5 Å². The lowest BCUT2D eigenvalue weighted by atomic mass is 10.0. The molecule has 5 nitrogen and oxygen atoms in total. The summed E-state index contributed by atoms with van der Waals surface area (Å²) in [6, 6.07) is 2.55. The normalized spacial score (nSPS) is 18.1. The maximum atomic E-state index is 13.7. The molecule has 1 aromatic carbocycles. The number of ether oxygens (including phenoxy) is 1. The van der Waals surface area contributed by atoms with E-state index in [1.165, 1.54) is 13.2 Å². The standard InChI is InChI=1S/C13H15FN2O3/c1-19-10-7-11(14)13(16(17)18)12(8-10)15-9-5-3-2-4-6-9/h2-3,7-9,15H,4-6H2,1H3. The minimum atomic E-state index is -0.891. The maximum Gasteiger partial charge on any atom is 0.327 e. The summed E-state index contributed by atoms with van der Waals surface area (Å²) in [5, 5.41) is 14.0. The van der Waals surface area contributed by atoms with Crippen LogP contribution in [0, 0.1) is 15.9 Å². The van der Waals surface area contributed by atoms with E-state index >= 15 is 0 Å². The molecule has 1 N–H and O–H groups in total. The van der Waals surface area contributed by atoms with Crippen LogP contribution in [-0.4, -0.2) is 18.1 Å². The summed E-state index contributed by atoms with van der Waals surface area (Å²) in [6.45, 7) is 0. The fraction of sp³-hybridized carbons (Fsp3) is 0.385. The van der Waals surface area contributed by atoms with Crippen molar-refractivity contribution >= 4 is 11.4 Å². The molecule has 0 aliphatic heterocycles. The van der Waals surface area contributed by atoms with Gasteiger partial charge in [-0.05, 0) is 19.3 Å². The average molecular weight is 266 g/mol. The van der Waals surface area contributed by atoms with Gasteiger partial charge >= 0.3 is 5.69 Å². The third-order valence-corrected chi connectivity index (χ3v) is 3.08. The zero-order valence-electron chi connectivity index (χ0n) is 10.6. The van der Waals surface area contributed by atoms with Gasteiger partial charge in [0.05, 0.1) is 12.0 Å². The topological polar surface area (TPSA) is 64.4 Å². The van der Waals surface area contributed by atoms with Crippen molar-refractivity contribution in [3.63, 3.8) is 0 Å². The average Bonchev–Trinajstić information content (AvgIpc) is 2.38. The van der Waals surface area contributed by atoms with Gasteiger partial charge in [-0.1, -0.05) is 12.2 Å². The van der Waals surface area contributed by atoms with Gasteiger partial charge < -0.3 is 10.1 Å². The molecule has 0 radical (unpaired) electrons. The molecule has 0 spiro atoms. The Labute approximate surface area is 110 Å². The Morgan fingerprint density at radius 1 is 1.47 bits per heavy atom. The first kappa shape index (κ1) is 13.3. The molecule has 6 heteroatoms. The van der Waals surface area contributed by atoms with Gasteiger partial charge in [-0.3, -0.25) is 10.1 Å². The lowest BCUT2D eigenvalue weighted by Crippen LogP contribution is -2.21. The molecule has 1 unspecified atom stereocenters. The van der Waals surface area contributed by atoms with Crippen molar-refractivity contribution in [2.24, 2.45) is 0 Å². The first-order chi connectivity index (χ1) is 9.11. The van der Waals surface area contributed by atoms with Gasteiger partial charge in [-0.2, -0.15) is 4.39 Å². The minimum absolute atomic E-state index is 0.0789. The third kappa shape index (κ3) is 3.01. The van der Waals surface area contributed by atoms with Crippen LogP contribution in [0.2, 0.25) is 0 Å². The summed E-state index contributed by atoms with van der Waals surface area (Å²) in [7, 11) is 1.40. The molecule has 19 heavy (non-hydrogen) atoms. The molecule has 0 aromatic heterocycles. The number of methoxy groups -OCH3 is 1. The summed E-state index contributed by atoms with van der Waals surface area (Å²) in [5.41, 5.74) is -0.363. The van der Waals surface area contributed by atoms with Gasteiger partial charge in [0.2, 0.25) is 5.82 Å². The Bertz CT molecular complexity index is 517. The number of halogens is 1. The number of allylic oxidation sites excluding steroid dienone is 1. The van der Waals surface area contributed by atoms with Gasteiger partial charge in [0.1, 0.15) is 11.4 Å². The molecule has 0 saturated heterocycles. The molecule has 1 aliphatic carbocycles. The predicted octanol–water partition coefficient (Wildman–Crippen LogP) is 3.26. The molecule has 2 rings (SSSR count). The molecule has 0 fully saturated rings. The smallest absolute Gasteiger partial charge is 0.327 e. The van der Waals surface area contributed by atoms with Crippen molar-refractivity contribution in [3.05, 3.63) is 40.2 Å². The lowest BCUT2D eigenvalue weighted by molar-refractivity contribution is -0.386. The van der Waals surface area contributed by atoms with E-state index < -0.39 is 16.4 Å². The van der Waals surface area contributed by atoms with E-state index in [2.05, 4.69) is 11.4 Å². The minimum Gasteiger partial charge on any atom is -0.497 e. The van der Waals surface area contributed by atoms with Crippen molar-refractivity contribution in [2.45, 2.75) is 25.3 Å². The van der Waals surface area contributed by atoms with Crippen molar-refractivity contribution in [3.8, 4) is 5.75 Å². The van der Waals surface area contributed by atoms with Crippen LogP contribution in [0.15, 0.2) is 24.3 Å². The number of rotatable bonds is 4. The Hall–Kier alpha value is -2.11. The van der Waals surface area contributed by atoms with Crippen LogP contribution in [0.1, 0.15) is 19.3 Å². The largest absolute Gasteiger partial charge is 0.497 e. The highest BCUT2D eigenvalue weighted by atomic mass is 19.1. The van der Waals surface area contributed by atoms with Crippen molar-refractivity contribution in [1.82, 2.24) is 0 Å². The number of nitro groups is 1. The molecular weight excluding hydrogens is 251 g/mol. The van der Waals surface area contributed by atoms with E-state index in [0.29, 0.717) is 0 Å². The number of hydrogen-bond donors (Lipinski definition) is 1. The van der Waals surface area contributed by atoms with E-state index in [4.69, 9.17) is 4.74 Å². The number of hydrogen-bond acceptors (Lipinski definition) is 4. The number of nitrogens with one attached hydrogen (secondary N) is 1. The van der Waals surface area contributed by atoms with Crippen molar-refractivity contribution < 1.29 is 14.1 Å². The zero-order valence-corrected chi connectivity index (χ0v) is 10.6. The molecule has 0 heterocycles. The van der Waals surface area contributed by atoms with Crippen LogP contribution < -0.4 is 10.1 Å². The SMILES string of the molecule is COc1cc(F)c([N+](=O)[O-])c(NC2CC=CCC2)c1. The van der Waals surface area contributed by atoms with E-state index in [1.807, 2.05) is 6.08 Å². The Morgan fingerprint density at radius 3 is 2.84 bits per heavy atom. The summed E-state index contributed by atoms with van der Waals surface area (Å²) >= 11 is 0. The molecule has 0 amide bonds. The molecule has 1 aliphatic rings. The molecule has 0 saturated carbocycles. The van der Waals surface area contributed by atoms with E-state index in [1.54, 1.807) is 0 Å². The van der Waals surface area contributed by atoms with Crippen LogP contribution in [0.3, 0.4) is 0 Å². The van der Waals surface area contributed by atoms with Crippen LogP contribution in [0.25, 0.3) is 0 Å². The van der Waals surface area contributed by atoms with Crippen molar-refractivity contribution in [2.75, 3.05) is 12.4 Å². The van der Waals surface area contributed by atoms with Gasteiger partial charge in [-0.15, -0.1) is 0 Å². The van der Waals surface area contributed by atoms with E-state index in [0.717, 1.165) is 25.3 Å². The number of nitrogens with zero attached hydrogens (tertiary/aromatic N) is 1. The predicted molar refractivity (Wildman–Crippen MR) is 70.0 cm³/mol. The first-order valence-electron chi connectivity index (χ1n) is 6.05. The van der Waals surface area contributed by atoms with Crippen LogP contribution >= 0.6 is 0 Å². The van der Waals surface area contributed by atoms with Crippen LogP contribution in [0.5, 0.6) is 5.75 Å². The van der Waals surface area contributed by atoms with E-state index in [-0.39, 0.29) is 17.5 Å². The highest BCUT2D eigenvalue weighted by molar-refractivity contribution is 5.65. The first-order valence-corrected chi connectivity index (χ1v) is 6.05. The second-order valence-corrected chi connectivity index (χ2v) is 4.39. The fourth-order valence-electron chi connectivity index (χ4n) is 2.13. The van der Waals surface area contributed by atoms with Gasteiger partial charge in [0.25, 0.3) is 0 Å². The summed E-state index contributed by atoms with van der Waals surface area (Å²) in [6.07, 6.45) is 6.64. The highest BCUT2D eigenvalue weighted by Gasteiger charge is 2.24. The Morgan fingerprint density at radius 2 is 2.26 bits per heavy atom. The Kier molecular flexibility index (Phi) is 3.99. The highest BCUT2D eigenvalue weighted by Crippen LogP contribution is 2.33. The number of benzene rings is 1. The molecule has 1 aromatic rings. The lowest BCUT2D eigenvalue weighted by Gasteiger charge is -2.20. The maximum absolute atomic E-state index is 13.7. The van der Waals surface area contributed by atoms with Crippen LogP contribution in [0.4, 0.5) is 15.8 Å². The zero-order chi connectivity index (χ0) is 13.8. The monoisotopic (exact) mass is 266 g/mol. The van der Waals surface area contributed by atoms with Gasteiger partial charge in [0.15, 0.2) is 0 Å².